The second kappa shape index (κ2) is 10.2. The van der Waals surface area contributed by atoms with Crippen molar-refractivity contribution in [3.8, 4) is 0 Å². The Balaban J connectivity index is 0.000000661. The fraction of sp³-hybridized carbons (Fsp3) is 0.455. The molecule has 0 fully saturated rings. The first-order valence-electron chi connectivity index (χ1n) is 8.86. The van der Waals surface area contributed by atoms with Gasteiger partial charge in [-0.05, 0) is 28.7 Å². The SMILES string of the molecule is CC.CC.CC.CC1(C)c2ccccc2Cc2ccccc21. The summed E-state index contributed by atoms with van der Waals surface area (Å²) in [7, 11) is 0. The van der Waals surface area contributed by atoms with E-state index in [1.807, 2.05) is 41.5 Å². The van der Waals surface area contributed by atoms with E-state index in [1.165, 1.54) is 22.3 Å². The molecule has 0 unspecified atom stereocenters. The predicted octanol–water partition coefficient (Wildman–Crippen LogP) is 7.00. The Kier molecular flexibility index (Phi) is 9.49. The third-order valence-corrected chi connectivity index (χ3v) is 3.76. The van der Waals surface area contributed by atoms with Crippen molar-refractivity contribution >= 4 is 0 Å². The summed E-state index contributed by atoms with van der Waals surface area (Å²) in [6, 6.07) is 17.6. The van der Waals surface area contributed by atoms with E-state index in [9.17, 15) is 0 Å². The molecule has 0 atom stereocenters. The molecule has 0 heteroatoms. The van der Waals surface area contributed by atoms with Gasteiger partial charge in [-0.1, -0.05) is 104 Å². The van der Waals surface area contributed by atoms with E-state index in [0.29, 0.717) is 0 Å². The largest absolute Gasteiger partial charge is 0.0683 e. The van der Waals surface area contributed by atoms with E-state index in [4.69, 9.17) is 0 Å². The first-order valence-corrected chi connectivity index (χ1v) is 8.86. The Morgan fingerprint density at radius 2 is 0.909 bits per heavy atom. The molecule has 22 heavy (non-hydrogen) atoms. The van der Waals surface area contributed by atoms with Crippen LogP contribution < -0.4 is 0 Å². The van der Waals surface area contributed by atoms with E-state index in [-0.39, 0.29) is 5.41 Å². The number of rotatable bonds is 0. The van der Waals surface area contributed by atoms with Crippen LogP contribution in [-0.2, 0) is 11.8 Å². The molecule has 3 rings (SSSR count). The van der Waals surface area contributed by atoms with Crippen molar-refractivity contribution in [2.75, 3.05) is 0 Å². The maximum Gasteiger partial charge on any atom is 0.0152 e. The molecule has 1 aliphatic carbocycles. The van der Waals surface area contributed by atoms with Crippen LogP contribution in [0.4, 0.5) is 0 Å². The van der Waals surface area contributed by atoms with Gasteiger partial charge in [0.1, 0.15) is 0 Å². The fourth-order valence-electron chi connectivity index (χ4n) is 2.92. The van der Waals surface area contributed by atoms with Gasteiger partial charge in [0.25, 0.3) is 0 Å². The molecule has 0 spiro atoms. The molecule has 122 valence electrons. The average Bonchev–Trinajstić information content (AvgIpc) is 2.60. The summed E-state index contributed by atoms with van der Waals surface area (Å²) in [6.45, 7) is 16.6. The van der Waals surface area contributed by atoms with Gasteiger partial charge in [-0.15, -0.1) is 0 Å². The van der Waals surface area contributed by atoms with Crippen LogP contribution >= 0.6 is 0 Å². The number of hydrogen-bond donors (Lipinski definition) is 0. The summed E-state index contributed by atoms with van der Waals surface area (Å²) < 4.78 is 0. The van der Waals surface area contributed by atoms with Crippen LogP contribution in [0.15, 0.2) is 48.5 Å². The Morgan fingerprint density at radius 3 is 1.27 bits per heavy atom. The lowest BCUT2D eigenvalue weighted by molar-refractivity contribution is 0.610. The highest BCUT2D eigenvalue weighted by molar-refractivity contribution is 5.52. The zero-order valence-electron chi connectivity index (χ0n) is 15.8. The van der Waals surface area contributed by atoms with Crippen molar-refractivity contribution in [3.05, 3.63) is 70.8 Å². The lowest BCUT2D eigenvalue weighted by Crippen LogP contribution is -2.26. The number of fused-ring (bicyclic) bond motifs is 2. The molecule has 0 N–H and O–H groups in total. The van der Waals surface area contributed by atoms with Crippen LogP contribution in [0.25, 0.3) is 0 Å². The highest BCUT2D eigenvalue weighted by Crippen LogP contribution is 2.40. The molecule has 0 aromatic heterocycles. The Morgan fingerprint density at radius 1 is 0.591 bits per heavy atom. The van der Waals surface area contributed by atoms with Gasteiger partial charge in [0, 0.05) is 5.41 Å². The molecule has 1 aliphatic rings. The van der Waals surface area contributed by atoms with Crippen molar-refractivity contribution in [2.24, 2.45) is 0 Å². The third-order valence-electron chi connectivity index (χ3n) is 3.76. The van der Waals surface area contributed by atoms with Crippen LogP contribution in [0.3, 0.4) is 0 Å². The molecule has 0 saturated carbocycles. The van der Waals surface area contributed by atoms with Crippen molar-refractivity contribution < 1.29 is 0 Å². The van der Waals surface area contributed by atoms with Crippen LogP contribution in [0.1, 0.15) is 77.6 Å². The van der Waals surface area contributed by atoms with Crippen LogP contribution in [0, 0.1) is 0 Å². The standard InChI is InChI=1S/C16H16.3C2H6/c1-16(2)14-9-5-3-7-12(14)11-13-8-4-6-10-15(13)16;3*1-2/h3-10H,11H2,1-2H3;3*1-2H3. The molecule has 0 heterocycles. The summed E-state index contributed by atoms with van der Waals surface area (Å²) in [6.07, 6.45) is 1.08. The fourth-order valence-corrected chi connectivity index (χ4v) is 2.92. The van der Waals surface area contributed by atoms with Crippen molar-refractivity contribution in [1.29, 1.82) is 0 Å². The van der Waals surface area contributed by atoms with Gasteiger partial charge in [0.2, 0.25) is 0 Å². The van der Waals surface area contributed by atoms with E-state index < -0.39 is 0 Å². The van der Waals surface area contributed by atoms with Gasteiger partial charge in [0.15, 0.2) is 0 Å². The lowest BCUT2D eigenvalue weighted by Gasteiger charge is -2.35. The second-order valence-electron chi connectivity index (χ2n) is 5.12. The third kappa shape index (κ3) is 4.22. The van der Waals surface area contributed by atoms with E-state index in [0.717, 1.165) is 6.42 Å². The van der Waals surface area contributed by atoms with Crippen molar-refractivity contribution in [1.82, 2.24) is 0 Å². The molecule has 0 nitrogen and oxygen atoms in total. The monoisotopic (exact) mass is 298 g/mol. The van der Waals surface area contributed by atoms with Gasteiger partial charge in [-0.2, -0.15) is 0 Å². The van der Waals surface area contributed by atoms with Gasteiger partial charge in [-0.25, -0.2) is 0 Å². The van der Waals surface area contributed by atoms with Crippen LogP contribution in [0.5, 0.6) is 0 Å². The number of hydrogen-bond acceptors (Lipinski definition) is 0. The first-order chi connectivity index (χ1) is 10.7. The van der Waals surface area contributed by atoms with Gasteiger partial charge in [-0.3, -0.25) is 0 Å². The van der Waals surface area contributed by atoms with Crippen molar-refractivity contribution in [3.63, 3.8) is 0 Å². The summed E-state index contributed by atoms with van der Waals surface area (Å²) in [5.41, 5.74) is 6.06. The molecule has 0 amide bonds. The highest BCUT2D eigenvalue weighted by Gasteiger charge is 2.31. The zero-order chi connectivity index (χ0) is 17.2. The van der Waals surface area contributed by atoms with Crippen LogP contribution in [-0.4, -0.2) is 0 Å². The molecule has 0 saturated heterocycles. The smallest absolute Gasteiger partial charge is 0.0152 e. The lowest BCUT2D eigenvalue weighted by atomic mass is 9.69. The molecule has 0 aliphatic heterocycles. The Bertz CT molecular complexity index is 488. The van der Waals surface area contributed by atoms with Gasteiger partial charge in [0.05, 0.1) is 0 Å². The molecular weight excluding hydrogens is 264 g/mol. The van der Waals surface area contributed by atoms with E-state index in [2.05, 4.69) is 62.4 Å². The molecular formula is C22H34. The predicted molar refractivity (Wildman–Crippen MR) is 102 cm³/mol. The molecule has 2 aromatic carbocycles. The Labute approximate surface area is 138 Å². The van der Waals surface area contributed by atoms with E-state index in [1.54, 1.807) is 0 Å². The topological polar surface area (TPSA) is 0 Å². The van der Waals surface area contributed by atoms with Gasteiger partial charge >= 0.3 is 0 Å². The molecule has 2 aromatic rings. The maximum absolute atomic E-state index is 2.32. The zero-order valence-corrected chi connectivity index (χ0v) is 15.8. The summed E-state index contributed by atoms with van der Waals surface area (Å²) in [5, 5.41) is 0. The second-order valence-corrected chi connectivity index (χ2v) is 5.12. The summed E-state index contributed by atoms with van der Waals surface area (Å²) >= 11 is 0. The molecule has 0 radical (unpaired) electrons. The normalized spacial score (nSPS) is 12.7. The van der Waals surface area contributed by atoms with Crippen molar-refractivity contribution in [2.45, 2.75) is 67.2 Å². The number of benzene rings is 2. The minimum absolute atomic E-state index is 0.144. The maximum atomic E-state index is 2.32. The minimum atomic E-state index is 0.144. The van der Waals surface area contributed by atoms with E-state index >= 15 is 0 Å². The first kappa shape index (κ1) is 20.4. The Hall–Kier alpha value is -1.56. The summed E-state index contributed by atoms with van der Waals surface area (Å²) in [5.74, 6) is 0. The average molecular weight is 299 g/mol. The molecule has 0 bridgehead atoms. The van der Waals surface area contributed by atoms with Gasteiger partial charge < -0.3 is 0 Å². The quantitative estimate of drug-likeness (QED) is 0.491. The highest BCUT2D eigenvalue weighted by atomic mass is 14.3. The minimum Gasteiger partial charge on any atom is -0.0683 e. The van der Waals surface area contributed by atoms with Crippen LogP contribution in [0.2, 0.25) is 0 Å². The summed E-state index contributed by atoms with van der Waals surface area (Å²) in [4.78, 5) is 0.